The van der Waals surface area contributed by atoms with Crippen LogP contribution in [0, 0.1) is 0 Å². The Morgan fingerprint density at radius 3 is 2.68 bits per heavy atom. The summed E-state index contributed by atoms with van der Waals surface area (Å²) in [5, 5.41) is 7.02. The van der Waals surface area contributed by atoms with Crippen molar-refractivity contribution in [2.75, 3.05) is 26.3 Å². The van der Waals surface area contributed by atoms with E-state index in [4.69, 9.17) is 16.3 Å². The Morgan fingerprint density at radius 1 is 1.41 bits per heavy atom. The van der Waals surface area contributed by atoms with Crippen LogP contribution in [0.4, 0.5) is 0 Å². The molecule has 1 aliphatic rings. The van der Waals surface area contributed by atoms with Gasteiger partial charge in [0.1, 0.15) is 0 Å². The van der Waals surface area contributed by atoms with E-state index >= 15 is 0 Å². The van der Waals surface area contributed by atoms with Crippen molar-refractivity contribution in [3.8, 4) is 0 Å². The molecule has 1 atom stereocenters. The smallest absolute Gasteiger partial charge is 0.221 e. The number of nitrogens with one attached hydrogen (secondary N) is 2. The molecule has 1 unspecified atom stereocenters. The summed E-state index contributed by atoms with van der Waals surface area (Å²) in [5.41, 5.74) is 1.03. The van der Waals surface area contributed by atoms with Crippen LogP contribution in [0.3, 0.4) is 0 Å². The maximum absolute atomic E-state index is 12.0. The lowest BCUT2D eigenvalue weighted by molar-refractivity contribution is -0.122. The highest BCUT2D eigenvalue weighted by molar-refractivity contribution is 6.30. The van der Waals surface area contributed by atoms with Gasteiger partial charge in [0.15, 0.2) is 0 Å². The molecule has 124 valence electrons. The standard InChI is InChI=1S/C16H23ClN2O2.ClH/c1-16(2,12-3-5-13(17)6-4-12)11-19-15(20)9-14-10-21-8-7-18-14;/h3-6,14,18H,7-11H2,1-2H3,(H,19,20);1H. The second-order valence-corrected chi connectivity index (χ2v) is 6.53. The lowest BCUT2D eigenvalue weighted by atomic mass is 9.84. The molecule has 0 radical (unpaired) electrons. The molecule has 1 aromatic rings. The van der Waals surface area contributed by atoms with Gasteiger partial charge in [-0.1, -0.05) is 37.6 Å². The molecule has 1 aliphatic heterocycles. The molecule has 4 nitrogen and oxygen atoms in total. The minimum absolute atomic E-state index is 0. The van der Waals surface area contributed by atoms with E-state index in [1.54, 1.807) is 0 Å². The molecule has 22 heavy (non-hydrogen) atoms. The van der Waals surface area contributed by atoms with Gasteiger partial charge in [0.25, 0.3) is 0 Å². The topological polar surface area (TPSA) is 50.4 Å². The molecule has 1 aromatic carbocycles. The van der Waals surface area contributed by atoms with Gasteiger partial charge in [-0.05, 0) is 17.7 Å². The van der Waals surface area contributed by atoms with Gasteiger partial charge in [-0.25, -0.2) is 0 Å². The van der Waals surface area contributed by atoms with Gasteiger partial charge in [-0.2, -0.15) is 0 Å². The first kappa shape index (κ1) is 19.2. The fourth-order valence-corrected chi connectivity index (χ4v) is 2.50. The van der Waals surface area contributed by atoms with Crippen molar-refractivity contribution in [3.63, 3.8) is 0 Å². The number of carbonyl (C=O) groups excluding carboxylic acids is 1. The van der Waals surface area contributed by atoms with E-state index in [1.165, 1.54) is 0 Å². The van der Waals surface area contributed by atoms with Crippen molar-refractivity contribution >= 4 is 29.9 Å². The third-order valence-corrected chi connectivity index (χ3v) is 4.04. The number of hydrogen-bond donors (Lipinski definition) is 2. The Kier molecular flexibility index (Phi) is 7.63. The summed E-state index contributed by atoms with van der Waals surface area (Å²) in [6.07, 6.45) is 0.455. The molecule has 1 fully saturated rings. The van der Waals surface area contributed by atoms with E-state index in [1.807, 2.05) is 24.3 Å². The van der Waals surface area contributed by atoms with Crippen LogP contribution in [0.2, 0.25) is 5.02 Å². The highest BCUT2D eigenvalue weighted by Gasteiger charge is 2.23. The third-order valence-electron chi connectivity index (χ3n) is 3.78. The molecule has 0 bridgehead atoms. The van der Waals surface area contributed by atoms with E-state index in [-0.39, 0.29) is 29.8 Å². The van der Waals surface area contributed by atoms with E-state index in [9.17, 15) is 4.79 Å². The second kappa shape index (κ2) is 8.73. The zero-order valence-electron chi connectivity index (χ0n) is 13.0. The van der Waals surface area contributed by atoms with E-state index in [0.717, 1.165) is 23.7 Å². The molecule has 0 spiro atoms. The largest absolute Gasteiger partial charge is 0.378 e. The van der Waals surface area contributed by atoms with Crippen molar-refractivity contribution < 1.29 is 9.53 Å². The molecule has 6 heteroatoms. The van der Waals surface area contributed by atoms with Gasteiger partial charge < -0.3 is 15.4 Å². The van der Waals surface area contributed by atoms with E-state index < -0.39 is 0 Å². The fourth-order valence-electron chi connectivity index (χ4n) is 2.37. The molecule has 0 aliphatic carbocycles. The number of morpholine rings is 1. The zero-order valence-corrected chi connectivity index (χ0v) is 14.6. The van der Waals surface area contributed by atoms with Crippen LogP contribution in [-0.4, -0.2) is 38.3 Å². The van der Waals surface area contributed by atoms with Crippen LogP contribution in [0.25, 0.3) is 0 Å². The Balaban J connectivity index is 0.00000242. The highest BCUT2D eigenvalue weighted by Crippen LogP contribution is 2.23. The van der Waals surface area contributed by atoms with Crippen molar-refractivity contribution in [1.29, 1.82) is 0 Å². The molecule has 1 heterocycles. The number of amides is 1. The molecule has 1 saturated heterocycles. The quantitative estimate of drug-likeness (QED) is 0.861. The summed E-state index contributed by atoms with van der Waals surface area (Å²) in [7, 11) is 0. The monoisotopic (exact) mass is 346 g/mol. The van der Waals surface area contributed by atoms with Gasteiger partial charge in [-0.15, -0.1) is 12.4 Å². The third kappa shape index (κ3) is 5.76. The van der Waals surface area contributed by atoms with Crippen LogP contribution in [0.15, 0.2) is 24.3 Å². The van der Waals surface area contributed by atoms with Gasteiger partial charge in [-0.3, -0.25) is 4.79 Å². The van der Waals surface area contributed by atoms with Crippen molar-refractivity contribution in [2.24, 2.45) is 0 Å². The summed E-state index contributed by atoms with van der Waals surface area (Å²) in [4.78, 5) is 12.0. The fraction of sp³-hybridized carbons (Fsp3) is 0.562. The SMILES string of the molecule is CC(C)(CNC(=O)CC1COCCN1)c1ccc(Cl)cc1.Cl. The summed E-state index contributed by atoms with van der Waals surface area (Å²) < 4.78 is 5.35. The van der Waals surface area contributed by atoms with Gasteiger partial charge in [0.2, 0.25) is 5.91 Å². The summed E-state index contributed by atoms with van der Waals surface area (Å²) in [6.45, 7) is 6.96. The molecular weight excluding hydrogens is 323 g/mol. The Bertz CT molecular complexity index is 472. The first-order valence-electron chi connectivity index (χ1n) is 7.31. The molecule has 2 N–H and O–H groups in total. The first-order valence-corrected chi connectivity index (χ1v) is 7.69. The maximum Gasteiger partial charge on any atom is 0.221 e. The molecule has 0 aromatic heterocycles. The summed E-state index contributed by atoms with van der Waals surface area (Å²) >= 11 is 5.91. The minimum atomic E-state index is -0.128. The van der Waals surface area contributed by atoms with Crippen LogP contribution in [-0.2, 0) is 14.9 Å². The average molecular weight is 347 g/mol. The highest BCUT2D eigenvalue weighted by atomic mass is 35.5. The van der Waals surface area contributed by atoms with E-state index in [0.29, 0.717) is 19.6 Å². The Labute approximate surface area is 143 Å². The number of benzene rings is 1. The van der Waals surface area contributed by atoms with Gasteiger partial charge in [0, 0.05) is 36.0 Å². The first-order chi connectivity index (χ1) is 9.97. The molecule has 1 amide bonds. The zero-order chi connectivity index (χ0) is 15.3. The predicted octanol–water partition coefficient (Wildman–Crippen LogP) is 2.53. The Morgan fingerprint density at radius 2 is 2.09 bits per heavy atom. The lowest BCUT2D eigenvalue weighted by Gasteiger charge is -2.27. The molecular formula is C16H24Cl2N2O2. The van der Waals surface area contributed by atoms with Crippen LogP contribution >= 0.6 is 24.0 Å². The van der Waals surface area contributed by atoms with Gasteiger partial charge >= 0.3 is 0 Å². The van der Waals surface area contributed by atoms with Crippen LogP contribution < -0.4 is 10.6 Å². The molecule has 0 saturated carbocycles. The average Bonchev–Trinajstić information content (AvgIpc) is 2.47. The minimum Gasteiger partial charge on any atom is -0.378 e. The summed E-state index contributed by atoms with van der Waals surface area (Å²) in [6, 6.07) is 7.89. The number of carbonyl (C=O) groups is 1. The molecule has 2 rings (SSSR count). The predicted molar refractivity (Wildman–Crippen MR) is 92.0 cm³/mol. The van der Waals surface area contributed by atoms with Crippen molar-refractivity contribution in [1.82, 2.24) is 10.6 Å². The van der Waals surface area contributed by atoms with Crippen molar-refractivity contribution in [3.05, 3.63) is 34.9 Å². The van der Waals surface area contributed by atoms with Crippen LogP contribution in [0.1, 0.15) is 25.8 Å². The maximum atomic E-state index is 12.0. The Hall–Kier alpha value is -0.810. The van der Waals surface area contributed by atoms with Gasteiger partial charge in [0.05, 0.1) is 13.2 Å². The number of ether oxygens (including phenoxy) is 1. The second-order valence-electron chi connectivity index (χ2n) is 6.10. The number of hydrogen-bond acceptors (Lipinski definition) is 3. The van der Waals surface area contributed by atoms with E-state index in [2.05, 4.69) is 24.5 Å². The normalized spacial score (nSPS) is 18.4. The van der Waals surface area contributed by atoms with Crippen LogP contribution in [0.5, 0.6) is 0 Å². The number of rotatable bonds is 5. The number of halogens is 2. The van der Waals surface area contributed by atoms with Crippen molar-refractivity contribution in [2.45, 2.75) is 31.7 Å². The lowest BCUT2D eigenvalue weighted by Crippen LogP contribution is -2.45. The summed E-state index contributed by atoms with van der Waals surface area (Å²) in [5.74, 6) is 0.0556.